The van der Waals surface area contributed by atoms with Crippen LogP contribution in [0.5, 0.6) is 0 Å². The molecule has 0 spiro atoms. The van der Waals surface area contributed by atoms with Crippen LogP contribution in [-0.2, 0) is 0 Å². The maximum Gasteiger partial charge on any atom is 0.137 e. The second kappa shape index (κ2) is 6.53. The minimum Gasteiger partial charge on any atom is -0.369 e. The summed E-state index contributed by atoms with van der Waals surface area (Å²) in [5.41, 5.74) is 0.943. The van der Waals surface area contributed by atoms with Crippen molar-refractivity contribution < 1.29 is 0 Å². The Morgan fingerprint density at radius 1 is 1.26 bits per heavy atom. The van der Waals surface area contributed by atoms with E-state index in [0.29, 0.717) is 5.15 Å². The minimum atomic E-state index is 0.552. The molecule has 0 amide bonds. The molecule has 5 heteroatoms. The monoisotopic (exact) mass is 282 g/mol. The third kappa shape index (κ3) is 3.80. The van der Waals surface area contributed by atoms with Gasteiger partial charge in [-0.3, -0.25) is 0 Å². The van der Waals surface area contributed by atoms with Crippen LogP contribution in [0.4, 0.5) is 5.82 Å². The fourth-order valence-corrected chi connectivity index (χ4v) is 2.73. The molecule has 2 heterocycles. The first-order chi connectivity index (χ1) is 9.10. The number of nitrogens with zero attached hydrogens (tertiary/aromatic N) is 3. The highest BCUT2D eigenvalue weighted by atomic mass is 35.5. The topological polar surface area (TPSA) is 41.0 Å². The molecule has 2 rings (SSSR count). The van der Waals surface area contributed by atoms with E-state index in [1.165, 1.54) is 32.5 Å². The number of aryl methyl sites for hydroxylation is 1. The highest BCUT2D eigenvalue weighted by Gasteiger charge is 2.18. The smallest absolute Gasteiger partial charge is 0.137 e. The summed E-state index contributed by atoms with van der Waals surface area (Å²) in [6, 6.07) is 0. The summed E-state index contributed by atoms with van der Waals surface area (Å²) in [6.45, 7) is 10.6. The standard InChI is InChI=1S/C14H23ClN4/c1-4-19-7-5-12(6-8-19)9-16-14-10(2)13(15)17-11(3)18-14/h12H,4-9H2,1-3H3,(H,16,17,18). The SMILES string of the molecule is CCN1CCC(CNc2nc(C)nc(Cl)c2C)CC1. The van der Waals surface area contributed by atoms with Crippen LogP contribution in [0.3, 0.4) is 0 Å². The molecule has 0 atom stereocenters. The van der Waals surface area contributed by atoms with E-state index in [1.54, 1.807) is 0 Å². The summed E-state index contributed by atoms with van der Waals surface area (Å²) >= 11 is 6.08. The lowest BCUT2D eigenvalue weighted by Crippen LogP contribution is -2.35. The molecule has 0 unspecified atom stereocenters. The van der Waals surface area contributed by atoms with Gasteiger partial charge < -0.3 is 10.2 Å². The lowest BCUT2D eigenvalue weighted by molar-refractivity contribution is 0.198. The number of rotatable bonds is 4. The van der Waals surface area contributed by atoms with Crippen LogP contribution in [-0.4, -0.2) is 41.0 Å². The van der Waals surface area contributed by atoms with E-state index in [1.807, 2.05) is 13.8 Å². The molecule has 1 N–H and O–H groups in total. The third-order valence-corrected chi connectivity index (χ3v) is 4.28. The molecule has 4 nitrogen and oxygen atoms in total. The van der Waals surface area contributed by atoms with Gasteiger partial charge >= 0.3 is 0 Å². The molecule has 0 radical (unpaired) electrons. The van der Waals surface area contributed by atoms with Gasteiger partial charge in [0.25, 0.3) is 0 Å². The quantitative estimate of drug-likeness (QED) is 0.862. The first-order valence-electron chi connectivity index (χ1n) is 7.07. The number of hydrogen-bond donors (Lipinski definition) is 1. The van der Waals surface area contributed by atoms with Crippen molar-refractivity contribution in [2.24, 2.45) is 5.92 Å². The van der Waals surface area contributed by atoms with Crippen LogP contribution < -0.4 is 5.32 Å². The van der Waals surface area contributed by atoms with Crippen LogP contribution in [0.2, 0.25) is 5.15 Å². The minimum absolute atomic E-state index is 0.552. The van der Waals surface area contributed by atoms with Crippen molar-refractivity contribution in [1.29, 1.82) is 0 Å². The summed E-state index contributed by atoms with van der Waals surface area (Å²) in [6.07, 6.45) is 2.52. The number of aromatic nitrogens is 2. The molecule has 1 fully saturated rings. The Labute approximate surface area is 120 Å². The van der Waals surface area contributed by atoms with Crippen molar-refractivity contribution in [2.45, 2.75) is 33.6 Å². The van der Waals surface area contributed by atoms with E-state index in [-0.39, 0.29) is 0 Å². The summed E-state index contributed by atoms with van der Waals surface area (Å²) in [4.78, 5) is 11.1. The normalized spacial score (nSPS) is 17.7. The first-order valence-corrected chi connectivity index (χ1v) is 7.45. The van der Waals surface area contributed by atoms with Crippen molar-refractivity contribution in [3.8, 4) is 0 Å². The van der Waals surface area contributed by atoms with Gasteiger partial charge in [-0.05, 0) is 52.2 Å². The van der Waals surface area contributed by atoms with Crippen LogP contribution in [0.1, 0.15) is 31.2 Å². The number of anilines is 1. The molecule has 19 heavy (non-hydrogen) atoms. The van der Waals surface area contributed by atoms with Crippen molar-refractivity contribution in [2.75, 3.05) is 31.5 Å². The Balaban J connectivity index is 1.89. The Kier molecular flexibility index (Phi) is 4.99. The van der Waals surface area contributed by atoms with Gasteiger partial charge in [0.2, 0.25) is 0 Å². The Morgan fingerprint density at radius 2 is 1.95 bits per heavy atom. The average molecular weight is 283 g/mol. The molecule has 1 aliphatic rings. The summed E-state index contributed by atoms with van der Waals surface area (Å²) in [7, 11) is 0. The zero-order valence-corrected chi connectivity index (χ0v) is 12.8. The molecule has 106 valence electrons. The maximum atomic E-state index is 6.08. The highest BCUT2D eigenvalue weighted by Crippen LogP contribution is 2.22. The van der Waals surface area contributed by atoms with E-state index in [9.17, 15) is 0 Å². The van der Waals surface area contributed by atoms with Gasteiger partial charge in [-0.1, -0.05) is 18.5 Å². The van der Waals surface area contributed by atoms with Gasteiger partial charge in [0.1, 0.15) is 16.8 Å². The van der Waals surface area contributed by atoms with Crippen molar-refractivity contribution in [3.05, 3.63) is 16.5 Å². The summed E-state index contributed by atoms with van der Waals surface area (Å²) in [5, 5.41) is 3.99. The largest absolute Gasteiger partial charge is 0.369 e. The molecule has 1 saturated heterocycles. The molecule has 0 aromatic carbocycles. The van der Waals surface area contributed by atoms with E-state index >= 15 is 0 Å². The zero-order valence-electron chi connectivity index (χ0n) is 12.0. The zero-order chi connectivity index (χ0) is 13.8. The predicted octanol–water partition coefficient (Wildman–Crippen LogP) is 2.89. The van der Waals surface area contributed by atoms with E-state index in [0.717, 1.165) is 29.7 Å². The maximum absolute atomic E-state index is 6.08. The van der Waals surface area contributed by atoms with E-state index in [4.69, 9.17) is 11.6 Å². The fourth-order valence-electron chi connectivity index (χ4n) is 2.51. The summed E-state index contributed by atoms with van der Waals surface area (Å²) < 4.78 is 0. The third-order valence-electron chi connectivity index (χ3n) is 3.91. The lowest BCUT2D eigenvalue weighted by atomic mass is 9.97. The number of halogens is 1. The molecule has 1 aromatic heterocycles. The number of hydrogen-bond acceptors (Lipinski definition) is 4. The predicted molar refractivity (Wildman–Crippen MR) is 79.8 cm³/mol. The molecule has 1 aliphatic heterocycles. The summed E-state index contributed by atoms with van der Waals surface area (Å²) in [5.74, 6) is 2.34. The van der Waals surface area contributed by atoms with Crippen LogP contribution in [0.15, 0.2) is 0 Å². The van der Waals surface area contributed by atoms with Gasteiger partial charge in [-0.15, -0.1) is 0 Å². The van der Waals surface area contributed by atoms with Crippen molar-refractivity contribution in [1.82, 2.24) is 14.9 Å². The number of likely N-dealkylation sites (tertiary alicyclic amines) is 1. The van der Waals surface area contributed by atoms with Gasteiger partial charge in [-0.2, -0.15) is 0 Å². The van der Waals surface area contributed by atoms with Gasteiger partial charge in [-0.25, -0.2) is 9.97 Å². The van der Waals surface area contributed by atoms with E-state index in [2.05, 4.69) is 27.1 Å². The average Bonchev–Trinajstić information content (AvgIpc) is 2.41. The van der Waals surface area contributed by atoms with E-state index < -0.39 is 0 Å². The van der Waals surface area contributed by atoms with Crippen molar-refractivity contribution >= 4 is 17.4 Å². The molecule has 1 aromatic rings. The second-order valence-electron chi connectivity index (χ2n) is 5.29. The molecular weight excluding hydrogens is 260 g/mol. The lowest BCUT2D eigenvalue weighted by Gasteiger charge is -2.31. The van der Waals surface area contributed by atoms with Gasteiger partial charge in [0, 0.05) is 12.1 Å². The molecule has 0 aliphatic carbocycles. The molecule has 0 bridgehead atoms. The van der Waals surface area contributed by atoms with Crippen molar-refractivity contribution in [3.63, 3.8) is 0 Å². The first kappa shape index (κ1) is 14.5. The second-order valence-corrected chi connectivity index (χ2v) is 5.65. The number of nitrogens with one attached hydrogen (secondary N) is 1. The Morgan fingerprint density at radius 3 is 2.58 bits per heavy atom. The van der Waals surface area contributed by atoms with Crippen LogP contribution >= 0.6 is 11.6 Å². The highest BCUT2D eigenvalue weighted by molar-refractivity contribution is 6.30. The molecular formula is C14H23ClN4. The number of piperidine rings is 1. The molecule has 0 saturated carbocycles. The Hall–Kier alpha value is -0.870. The van der Waals surface area contributed by atoms with Gasteiger partial charge in [0.15, 0.2) is 0 Å². The van der Waals surface area contributed by atoms with Crippen LogP contribution in [0.25, 0.3) is 0 Å². The van der Waals surface area contributed by atoms with Crippen LogP contribution in [0, 0.1) is 19.8 Å². The van der Waals surface area contributed by atoms with Gasteiger partial charge in [0.05, 0.1) is 0 Å². The Bertz CT molecular complexity index is 428. The fraction of sp³-hybridized carbons (Fsp3) is 0.714.